The van der Waals surface area contributed by atoms with E-state index in [-0.39, 0.29) is 30.2 Å². The highest BCUT2D eigenvalue weighted by atomic mass is 16.2. The summed E-state index contributed by atoms with van der Waals surface area (Å²) < 4.78 is 0. The van der Waals surface area contributed by atoms with Gasteiger partial charge in [0.2, 0.25) is 11.9 Å². The first-order valence-electron chi connectivity index (χ1n) is 16.0. The van der Waals surface area contributed by atoms with Gasteiger partial charge >= 0.3 is 0 Å². The minimum atomic E-state index is -0.593. The number of H-pyrrole nitrogens is 1. The van der Waals surface area contributed by atoms with Crippen molar-refractivity contribution in [3.05, 3.63) is 95.7 Å². The zero-order valence-corrected chi connectivity index (χ0v) is 26.5. The summed E-state index contributed by atoms with van der Waals surface area (Å²) in [7, 11) is 3.98. The average molecular weight is 603 g/mol. The summed E-state index contributed by atoms with van der Waals surface area (Å²) >= 11 is 0. The molecular weight excluding hydrogens is 560 g/mol. The molecule has 232 valence electrons. The molecule has 2 aromatic heterocycles. The number of ketones is 1. The van der Waals surface area contributed by atoms with Gasteiger partial charge in [-0.25, -0.2) is 4.98 Å². The Bertz CT molecular complexity index is 1800. The zero-order valence-electron chi connectivity index (χ0n) is 26.5. The van der Waals surface area contributed by atoms with Crippen molar-refractivity contribution in [2.45, 2.75) is 69.9 Å². The number of para-hydroxylation sites is 2. The van der Waals surface area contributed by atoms with E-state index in [1.165, 1.54) is 5.56 Å². The monoisotopic (exact) mass is 602 g/mol. The van der Waals surface area contributed by atoms with Crippen molar-refractivity contribution in [1.82, 2.24) is 20.3 Å². The van der Waals surface area contributed by atoms with E-state index >= 15 is 0 Å². The van der Waals surface area contributed by atoms with E-state index in [9.17, 15) is 9.59 Å². The van der Waals surface area contributed by atoms with Crippen LogP contribution < -0.4 is 15.5 Å². The summed E-state index contributed by atoms with van der Waals surface area (Å²) in [5, 5.41) is 8.86. The third-order valence-corrected chi connectivity index (χ3v) is 9.02. The van der Waals surface area contributed by atoms with E-state index < -0.39 is 5.92 Å². The summed E-state index contributed by atoms with van der Waals surface area (Å²) in [6, 6.07) is 24.0. The predicted molar refractivity (Wildman–Crippen MR) is 182 cm³/mol. The molecule has 0 spiro atoms. The van der Waals surface area contributed by atoms with E-state index in [4.69, 9.17) is 9.97 Å². The second-order valence-electron chi connectivity index (χ2n) is 12.7. The van der Waals surface area contributed by atoms with Crippen molar-refractivity contribution in [1.29, 1.82) is 0 Å². The summed E-state index contributed by atoms with van der Waals surface area (Å²) in [6.45, 7) is 4.27. The SMILES string of the molecule is CC(C)c1ccc(C(=O)CC(C(=O)NC2CCC(Nc3nc(N(C)C)c4ccccc4n3)CC2)c2c[nH]c3ccccc23)cc1. The number of nitrogens with zero attached hydrogens (tertiary/aromatic N) is 3. The van der Waals surface area contributed by atoms with E-state index in [1.807, 2.05) is 98.0 Å². The maximum atomic E-state index is 13.9. The Hall–Kier alpha value is -4.72. The summed E-state index contributed by atoms with van der Waals surface area (Å²) in [6.07, 6.45) is 5.44. The highest BCUT2D eigenvalue weighted by molar-refractivity contribution is 6.01. The molecule has 0 aliphatic heterocycles. The first-order valence-corrected chi connectivity index (χ1v) is 16.0. The maximum Gasteiger partial charge on any atom is 0.228 e. The zero-order chi connectivity index (χ0) is 31.5. The number of fused-ring (bicyclic) bond motifs is 2. The Kier molecular flexibility index (Phi) is 8.83. The lowest BCUT2D eigenvalue weighted by Crippen LogP contribution is -2.42. The van der Waals surface area contributed by atoms with Crippen molar-refractivity contribution >= 4 is 45.3 Å². The second-order valence-corrected chi connectivity index (χ2v) is 12.7. The fraction of sp³-hybridized carbons (Fsp3) is 0.351. The quantitative estimate of drug-likeness (QED) is 0.146. The molecule has 1 unspecified atom stereocenters. The molecule has 1 fully saturated rings. The van der Waals surface area contributed by atoms with Gasteiger partial charge in [-0.15, -0.1) is 0 Å². The molecule has 3 N–H and O–H groups in total. The fourth-order valence-electron chi connectivity index (χ4n) is 6.42. The predicted octanol–water partition coefficient (Wildman–Crippen LogP) is 7.20. The van der Waals surface area contributed by atoms with Crippen LogP contribution in [0.3, 0.4) is 0 Å². The minimum absolute atomic E-state index is 0.0314. The lowest BCUT2D eigenvalue weighted by Gasteiger charge is -2.31. The number of aromatic amines is 1. The van der Waals surface area contributed by atoms with Crippen LogP contribution in [-0.2, 0) is 4.79 Å². The molecule has 0 bridgehead atoms. The van der Waals surface area contributed by atoms with E-state index in [2.05, 4.69) is 29.5 Å². The number of hydrogen-bond donors (Lipinski definition) is 3. The fourth-order valence-corrected chi connectivity index (χ4v) is 6.42. The molecular formula is C37H42N6O2. The van der Waals surface area contributed by atoms with Crippen LogP contribution in [0.4, 0.5) is 11.8 Å². The lowest BCUT2D eigenvalue weighted by atomic mass is 9.87. The third-order valence-electron chi connectivity index (χ3n) is 9.02. The highest BCUT2D eigenvalue weighted by Crippen LogP contribution is 2.31. The molecule has 5 aromatic rings. The van der Waals surface area contributed by atoms with Crippen molar-refractivity contribution in [2.24, 2.45) is 0 Å². The van der Waals surface area contributed by atoms with Gasteiger partial charge in [0.25, 0.3) is 0 Å². The molecule has 45 heavy (non-hydrogen) atoms. The van der Waals surface area contributed by atoms with Gasteiger partial charge in [-0.3, -0.25) is 9.59 Å². The smallest absolute Gasteiger partial charge is 0.228 e. The Morgan fingerprint density at radius 2 is 1.53 bits per heavy atom. The van der Waals surface area contributed by atoms with Gasteiger partial charge in [-0.05, 0) is 60.9 Å². The van der Waals surface area contributed by atoms with E-state index in [1.54, 1.807) is 0 Å². The Morgan fingerprint density at radius 3 is 2.24 bits per heavy atom. The second kappa shape index (κ2) is 13.1. The van der Waals surface area contributed by atoms with Crippen LogP contribution in [0.25, 0.3) is 21.8 Å². The van der Waals surface area contributed by atoms with Crippen LogP contribution in [0.15, 0.2) is 79.0 Å². The van der Waals surface area contributed by atoms with E-state index in [0.29, 0.717) is 17.4 Å². The normalized spacial score (nSPS) is 17.4. The average Bonchev–Trinajstić information content (AvgIpc) is 3.48. The van der Waals surface area contributed by atoms with Gasteiger partial charge in [-0.1, -0.05) is 68.4 Å². The molecule has 1 atom stereocenters. The number of hydrogen-bond acceptors (Lipinski definition) is 6. The van der Waals surface area contributed by atoms with Crippen LogP contribution >= 0.6 is 0 Å². The molecule has 2 heterocycles. The standard InChI is InChI=1S/C37H42N6O2/c1-23(2)24-13-15-25(16-14-24)34(44)21-30(31-22-38-32-11-7-5-9-28(31)32)36(45)39-26-17-19-27(20-18-26)40-37-41-33-12-8-6-10-29(33)35(42-37)43(3)4/h5-16,22-23,26-27,30,38H,17-21H2,1-4H3,(H,39,45)(H,40,41,42). The van der Waals surface area contributed by atoms with Crippen LogP contribution in [-0.4, -0.2) is 52.8 Å². The third kappa shape index (κ3) is 6.70. The summed E-state index contributed by atoms with van der Waals surface area (Å²) in [5.41, 5.74) is 4.55. The van der Waals surface area contributed by atoms with Crippen LogP contribution in [0.1, 0.15) is 79.3 Å². The van der Waals surface area contributed by atoms with Gasteiger partial charge < -0.3 is 20.5 Å². The van der Waals surface area contributed by atoms with Gasteiger partial charge in [0, 0.05) is 60.6 Å². The molecule has 8 nitrogen and oxygen atoms in total. The van der Waals surface area contributed by atoms with Crippen LogP contribution in [0.5, 0.6) is 0 Å². The molecule has 0 radical (unpaired) electrons. The van der Waals surface area contributed by atoms with E-state index in [0.717, 1.165) is 58.9 Å². The Morgan fingerprint density at radius 1 is 0.867 bits per heavy atom. The molecule has 1 aliphatic carbocycles. The van der Waals surface area contributed by atoms with Crippen LogP contribution in [0, 0.1) is 0 Å². The number of rotatable bonds is 10. The van der Waals surface area contributed by atoms with Crippen molar-refractivity contribution in [3.63, 3.8) is 0 Å². The molecule has 1 saturated carbocycles. The molecule has 0 saturated heterocycles. The van der Waals surface area contributed by atoms with Crippen molar-refractivity contribution in [3.8, 4) is 0 Å². The summed E-state index contributed by atoms with van der Waals surface area (Å²) in [5.74, 6) is 1.18. The van der Waals surface area contributed by atoms with Gasteiger partial charge in [0.05, 0.1) is 11.4 Å². The van der Waals surface area contributed by atoms with Crippen LogP contribution in [0.2, 0.25) is 0 Å². The lowest BCUT2D eigenvalue weighted by molar-refractivity contribution is -0.123. The number of Topliss-reactive ketones (excluding diaryl/α,β-unsaturated/α-hetero) is 1. The van der Waals surface area contributed by atoms with Gasteiger partial charge in [-0.2, -0.15) is 4.98 Å². The first-order chi connectivity index (χ1) is 21.8. The topological polar surface area (TPSA) is 103 Å². The number of carbonyl (C=O) groups excluding carboxylic acids is 2. The Balaban J connectivity index is 1.14. The maximum absolute atomic E-state index is 13.9. The number of carbonyl (C=O) groups is 2. The number of nitrogens with one attached hydrogen (secondary N) is 3. The number of amides is 1. The molecule has 1 aliphatic rings. The highest BCUT2D eigenvalue weighted by Gasteiger charge is 2.30. The number of aromatic nitrogens is 3. The van der Waals surface area contributed by atoms with Gasteiger partial charge in [0.1, 0.15) is 5.82 Å². The Labute approximate surface area is 264 Å². The van der Waals surface area contributed by atoms with Crippen molar-refractivity contribution < 1.29 is 9.59 Å². The number of anilines is 2. The summed E-state index contributed by atoms with van der Waals surface area (Å²) in [4.78, 5) is 42.3. The molecule has 6 rings (SSSR count). The molecule has 1 amide bonds. The minimum Gasteiger partial charge on any atom is -0.362 e. The molecule has 3 aromatic carbocycles. The first kappa shape index (κ1) is 30.3. The van der Waals surface area contributed by atoms with Gasteiger partial charge in [0.15, 0.2) is 5.78 Å². The molecule has 8 heteroatoms. The largest absolute Gasteiger partial charge is 0.362 e. The number of benzene rings is 3. The van der Waals surface area contributed by atoms with Crippen molar-refractivity contribution in [2.75, 3.05) is 24.3 Å².